The predicted octanol–water partition coefficient (Wildman–Crippen LogP) is 7.73. The second-order valence-corrected chi connectivity index (χ2v) is 15.2. The van der Waals surface area contributed by atoms with Gasteiger partial charge < -0.3 is 10.2 Å². The zero-order valence-electron chi connectivity index (χ0n) is 21.9. The van der Waals surface area contributed by atoms with Gasteiger partial charge in [-0.1, -0.05) is 107 Å². The molecule has 5 rings (SSSR count). The Hall–Kier alpha value is -1.43. The van der Waals surface area contributed by atoms with Gasteiger partial charge in [0.2, 0.25) is 0 Å². The van der Waals surface area contributed by atoms with Crippen molar-refractivity contribution in [2.45, 2.75) is 98.8 Å². The van der Waals surface area contributed by atoms with E-state index in [1.807, 2.05) is 0 Å². The van der Waals surface area contributed by atoms with E-state index in [9.17, 15) is 4.79 Å². The first-order chi connectivity index (χ1) is 17.6. The Balaban J connectivity index is 1.54. The fourth-order valence-electron chi connectivity index (χ4n) is 7.46. The molecule has 1 aliphatic heterocycles. The maximum atomic E-state index is 13.5. The Morgan fingerprint density at radius 1 is 0.806 bits per heavy atom. The summed E-state index contributed by atoms with van der Waals surface area (Å²) in [6, 6.07) is 22.0. The standard InChI is InChI=1S/C31H44N2OP2/c1-32-30(34)33-23-28(36(26-18-10-4-11-19-26)27-20-12-5-13-21-27)22-29(33)31(35,24-14-6-2-7-15-24)25-16-8-3-9-17-25/h2-3,6-9,14-17,26-29H,4-5,10-13,18-23,35H2,1H3,(H,32,34)/t28-,29-/m0/s1. The number of nitrogens with zero attached hydrogens (tertiary/aromatic N) is 1. The molecule has 3 nitrogen and oxygen atoms in total. The summed E-state index contributed by atoms with van der Waals surface area (Å²) in [6.45, 7) is 0.916. The van der Waals surface area contributed by atoms with Gasteiger partial charge in [-0.05, 0) is 60.2 Å². The van der Waals surface area contributed by atoms with E-state index in [1.165, 1.54) is 75.3 Å². The number of urea groups is 1. The first-order valence-electron chi connectivity index (χ1n) is 14.3. The van der Waals surface area contributed by atoms with Gasteiger partial charge in [0.25, 0.3) is 0 Å². The molecule has 5 heteroatoms. The van der Waals surface area contributed by atoms with Crippen LogP contribution in [0.1, 0.15) is 81.8 Å². The van der Waals surface area contributed by atoms with Crippen molar-refractivity contribution in [3.63, 3.8) is 0 Å². The van der Waals surface area contributed by atoms with E-state index in [2.05, 4.69) is 80.1 Å². The molecule has 3 aliphatic rings. The Labute approximate surface area is 222 Å². The zero-order valence-corrected chi connectivity index (χ0v) is 24.0. The third-order valence-electron chi connectivity index (χ3n) is 9.20. The highest BCUT2D eigenvalue weighted by atomic mass is 31.1. The SMILES string of the molecule is CNC(=O)N1C[C@@H](P(C2CCCCC2)C2CCCCC2)C[C@H]1C(P)(c1ccccc1)c1ccccc1. The number of benzene rings is 2. The lowest BCUT2D eigenvalue weighted by Gasteiger charge is -2.42. The fraction of sp³-hybridized carbons (Fsp3) is 0.581. The summed E-state index contributed by atoms with van der Waals surface area (Å²) in [7, 11) is 4.95. The normalized spacial score (nSPS) is 24.2. The Morgan fingerprint density at radius 3 is 1.72 bits per heavy atom. The van der Waals surface area contributed by atoms with Crippen LogP contribution in [0.15, 0.2) is 60.7 Å². The lowest BCUT2D eigenvalue weighted by molar-refractivity contribution is 0.186. The second kappa shape index (κ2) is 12.0. The van der Waals surface area contributed by atoms with Crippen LogP contribution in [0.25, 0.3) is 0 Å². The van der Waals surface area contributed by atoms with E-state index < -0.39 is 0 Å². The van der Waals surface area contributed by atoms with Crippen LogP contribution in [0.5, 0.6) is 0 Å². The van der Waals surface area contributed by atoms with E-state index in [-0.39, 0.29) is 25.2 Å². The van der Waals surface area contributed by atoms with Crippen molar-refractivity contribution in [1.29, 1.82) is 0 Å². The summed E-state index contributed by atoms with van der Waals surface area (Å²) >= 11 is 0. The molecule has 0 radical (unpaired) electrons. The van der Waals surface area contributed by atoms with Crippen LogP contribution in [-0.2, 0) is 5.16 Å². The minimum Gasteiger partial charge on any atom is -0.341 e. The van der Waals surface area contributed by atoms with Crippen molar-refractivity contribution < 1.29 is 4.79 Å². The molecule has 1 saturated heterocycles. The molecule has 2 aromatic rings. The average Bonchev–Trinajstić information content (AvgIpc) is 3.40. The summed E-state index contributed by atoms with van der Waals surface area (Å²) in [6.07, 6.45) is 15.3. The van der Waals surface area contributed by atoms with Gasteiger partial charge in [0, 0.05) is 13.6 Å². The molecule has 3 atom stereocenters. The molecular weight excluding hydrogens is 478 g/mol. The summed E-state index contributed by atoms with van der Waals surface area (Å²) in [4.78, 5) is 15.7. The van der Waals surface area contributed by atoms with E-state index in [4.69, 9.17) is 0 Å². The topological polar surface area (TPSA) is 32.3 Å². The molecule has 1 unspecified atom stereocenters. The van der Waals surface area contributed by atoms with Crippen molar-refractivity contribution in [1.82, 2.24) is 10.2 Å². The van der Waals surface area contributed by atoms with Crippen molar-refractivity contribution in [3.05, 3.63) is 71.8 Å². The molecule has 2 amide bonds. The molecule has 2 aromatic carbocycles. The van der Waals surface area contributed by atoms with Gasteiger partial charge in [0.1, 0.15) is 0 Å². The van der Waals surface area contributed by atoms with Crippen LogP contribution in [0.2, 0.25) is 0 Å². The van der Waals surface area contributed by atoms with Gasteiger partial charge in [0.15, 0.2) is 0 Å². The van der Waals surface area contributed by atoms with Gasteiger partial charge in [-0.15, -0.1) is 9.24 Å². The lowest BCUT2D eigenvalue weighted by atomic mass is 9.82. The Bertz CT molecular complexity index is 915. The van der Waals surface area contributed by atoms with Gasteiger partial charge in [-0.25, -0.2) is 4.79 Å². The molecule has 0 aromatic heterocycles. The first-order valence-corrected chi connectivity index (χ1v) is 16.4. The third kappa shape index (κ3) is 5.26. The van der Waals surface area contributed by atoms with Crippen LogP contribution in [0.3, 0.4) is 0 Å². The highest BCUT2D eigenvalue weighted by Gasteiger charge is 2.51. The molecule has 0 bridgehead atoms. The van der Waals surface area contributed by atoms with E-state index in [1.54, 1.807) is 7.05 Å². The van der Waals surface area contributed by atoms with Crippen LogP contribution in [-0.4, -0.2) is 47.5 Å². The zero-order chi connectivity index (χ0) is 25.0. The van der Waals surface area contributed by atoms with Crippen molar-refractivity contribution in [2.75, 3.05) is 13.6 Å². The Kier molecular flexibility index (Phi) is 8.70. The molecule has 2 aliphatic carbocycles. The summed E-state index contributed by atoms with van der Waals surface area (Å²) in [5.74, 6) is 0. The van der Waals surface area contributed by atoms with Gasteiger partial charge in [-0.2, -0.15) is 0 Å². The molecule has 1 N–H and O–H groups in total. The highest BCUT2D eigenvalue weighted by molar-refractivity contribution is 7.60. The average molecular weight is 523 g/mol. The minimum atomic E-state index is -0.329. The van der Waals surface area contributed by atoms with Crippen LogP contribution in [0.4, 0.5) is 4.79 Å². The molecule has 3 fully saturated rings. The van der Waals surface area contributed by atoms with Gasteiger partial charge in [-0.3, -0.25) is 0 Å². The summed E-state index contributed by atoms with van der Waals surface area (Å²) < 4.78 is 0. The minimum absolute atomic E-state index is 0.0865. The smallest absolute Gasteiger partial charge is 0.317 e. The molecule has 1 heterocycles. The van der Waals surface area contributed by atoms with Gasteiger partial charge >= 0.3 is 6.03 Å². The predicted molar refractivity (Wildman–Crippen MR) is 157 cm³/mol. The number of amides is 2. The highest BCUT2D eigenvalue weighted by Crippen LogP contribution is 2.63. The van der Waals surface area contributed by atoms with Gasteiger partial charge in [0.05, 0.1) is 11.2 Å². The molecule has 36 heavy (non-hydrogen) atoms. The van der Waals surface area contributed by atoms with E-state index in [0.717, 1.165) is 24.3 Å². The number of nitrogens with one attached hydrogen (secondary N) is 1. The number of carbonyl (C=O) groups is 1. The monoisotopic (exact) mass is 522 g/mol. The van der Waals surface area contributed by atoms with Crippen LogP contribution >= 0.6 is 17.2 Å². The molecular formula is C31H44N2OP2. The third-order valence-corrected chi connectivity index (χ3v) is 14.2. The number of hydrogen-bond donors (Lipinski definition) is 1. The van der Waals surface area contributed by atoms with Crippen LogP contribution in [0, 0.1) is 0 Å². The van der Waals surface area contributed by atoms with E-state index in [0.29, 0.717) is 5.66 Å². The summed E-state index contributed by atoms with van der Waals surface area (Å²) in [5.41, 5.74) is 5.00. The fourth-order valence-corrected chi connectivity index (χ4v) is 12.7. The maximum absolute atomic E-state index is 13.5. The number of hydrogen-bond acceptors (Lipinski definition) is 1. The quantitative estimate of drug-likeness (QED) is 0.387. The second-order valence-electron chi connectivity index (χ2n) is 11.2. The molecule has 0 spiro atoms. The van der Waals surface area contributed by atoms with Crippen molar-refractivity contribution in [3.8, 4) is 0 Å². The van der Waals surface area contributed by atoms with E-state index >= 15 is 0 Å². The molecule has 2 saturated carbocycles. The maximum Gasteiger partial charge on any atom is 0.317 e. The number of carbonyl (C=O) groups excluding carboxylic acids is 1. The van der Waals surface area contributed by atoms with Crippen molar-refractivity contribution >= 4 is 23.2 Å². The van der Waals surface area contributed by atoms with Crippen molar-refractivity contribution in [2.24, 2.45) is 0 Å². The lowest BCUT2D eigenvalue weighted by Crippen LogP contribution is -2.49. The van der Waals surface area contributed by atoms with Crippen LogP contribution < -0.4 is 5.32 Å². The molecule has 194 valence electrons. The summed E-state index contributed by atoms with van der Waals surface area (Å²) in [5, 5.41) is 2.69. The number of likely N-dealkylation sites (tertiary alicyclic amines) is 1. The Morgan fingerprint density at radius 2 is 1.28 bits per heavy atom. The largest absolute Gasteiger partial charge is 0.341 e. The number of rotatable bonds is 6. The first kappa shape index (κ1) is 26.2.